The number of aromatic nitrogens is 1. The number of nitrogens with one attached hydrogen (secondary N) is 1. The largest absolute Gasteiger partial charge is 0.481 e. The number of carbonyl (C=O) groups is 2. The van der Waals surface area contributed by atoms with Crippen molar-refractivity contribution in [2.24, 2.45) is 0 Å². The van der Waals surface area contributed by atoms with Crippen molar-refractivity contribution in [1.29, 1.82) is 0 Å². The number of anilines is 1. The van der Waals surface area contributed by atoms with E-state index in [0.29, 0.717) is 24.3 Å². The summed E-state index contributed by atoms with van der Waals surface area (Å²) in [6.07, 6.45) is -1.96. The van der Waals surface area contributed by atoms with Gasteiger partial charge in [-0.2, -0.15) is 0 Å². The Morgan fingerprint density at radius 2 is 1.65 bits per heavy atom. The minimum atomic E-state index is -1.15. The van der Waals surface area contributed by atoms with Gasteiger partial charge in [-0.05, 0) is 67.5 Å². The molecule has 0 aliphatic rings. The molecule has 0 radical (unpaired) electrons. The summed E-state index contributed by atoms with van der Waals surface area (Å²) in [5.74, 6) is -1.79. The van der Waals surface area contributed by atoms with Crippen LogP contribution in [-0.2, 0) is 17.8 Å². The van der Waals surface area contributed by atoms with Crippen LogP contribution in [0.4, 0.5) is 10.1 Å². The Labute approximate surface area is 216 Å². The van der Waals surface area contributed by atoms with Gasteiger partial charge < -0.3 is 25.2 Å². The third-order valence-electron chi connectivity index (χ3n) is 6.35. The van der Waals surface area contributed by atoms with E-state index in [4.69, 9.17) is 5.11 Å². The summed E-state index contributed by atoms with van der Waals surface area (Å²) in [6.45, 7) is 6.44. The van der Waals surface area contributed by atoms with Gasteiger partial charge in [0.2, 0.25) is 0 Å². The first-order chi connectivity index (χ1) is 17.6. The first-order valence-electron chi connectivity index (χ1n) is 12.6. The topological polar surface area (TPSA) is 112 Å². The van der Waals surface area contributed by atoms with E-state index in [1.807, 2.05) is 55.7 Å². The van der Waals surface area contributed by atoms with Gasteiger partial charge >= 0.3 is 5.97 Å². The van der Waals surface area contributed by atoms with Crippen LogP contribution in [0, 0.1) is 5.82 Å². The average Bonchev–Trinajstić information content (AvgIpc) is 3.18. The Bertz CT molecular complexity index is 1210. The van der Waals surface area contributed by atoms with Gasteiger partial charge in [-0.15, -0.1) is 0 Å². The van der Waals surface area contributed by atoms with Crippen LogP contribution in [0.5, 0.6) is 0 Å². The molecule has 198 valence electrons. The lowest BCUT2D eigenvalue weighted by Gasteiger charge is -2.17. The molecule has 0 unspecified atom stereocenters. The van der Waals surface area contributed by atoms with Crippen LogP contribution in [-0.4, -0.2) is 44.0 Å². The SMILES string of the molecule is CCn1c(CC[C@@H](O)C[C@@H](O)CC(=O)O)c(-c2ccc(F)cc2)c(C(C)C)c1C(=O)Nc1ccccc1. The highest BCUT2D eigenvalue weighted by atomic mass is 19.1. The van der Waals surface area contributed by atoms with Crippen LogP contribution in [0.25, 0.3) is 11.1 Å². The van der Waals surface area contributed by atoms with Crippen LogP contribution >= 0.6 is 0 Å². The Morgan fingerprint density at radius 3 is 2.22 bits per heavy atom. The van der Waals surface area contributed by atoms with Gasteiger partial charge in [0.15, 0.2) is 0 Å². The second-order valence-electron chi connectivity index (χ2n) is 9.49. The summed E-state index contributed by atoms with van der Waals surface area (Å²) >= 11 is 0. The molecule has 8 heteroatoms. The second-order valence-corrected chi connectivity index (χ2v) is 9.49. The van der Waals surface area contributed by atoms with Gasteiger partial charge in [-0.1, -0.05) is 44.2 Å². The van der Waals surface area contributed by atoms with Crippen molar-refractivity contribution in [3.63, 3.8) is 0 Å². The summed E-state index contributed by atoms with van der Waals surface area (Å²) < 4.78 is 15.7. The zero-order valence-electron chi connectivity index (χ0n) is 21.4. The number of carboxylic acids is 1. The number of amides is 1. The molecule has 4 N–H and O–H groups in total. The number of carboxylic acid groups (broad SMARTS) is 1. The number of halogens is 1. The Morgan fingerprint density at radius 1 is 1.00 bits per heavy atom. The van der Waals surface area contributed by atoms with Crippen molar-refractivity contribution >= 4 is 17.6 Å². The number of carbonyl (C=O) groups excluding carboxylic acids is 1. The number of aliphatic carboxylic acids is 1. The lowest BCUT2D eigenvalue weighted by atomic mass is 9.91. The normalized spacial score (nSPS) is 12.9. The van der Waals surface area contributed by atoms with Crippen molar-refractivity contribution in [1.82, 2.24) is 4.57 Å². The number of benzene rings is 2. The molecule has 1 amide bonds. The molecular formula is C29H35FN2O5. The zero-order chi connectivity index (χ0) is 27.1. The van der Waals surface area contributed by atoms with Crippen LogP contribution in [0.15, 0.2) is 54.6 Å². The number of rotatable bonds is 12. The Hall–Kier alpha value is -3.49. The maximum Gasteiger partial charge on any atom is 0.305 e. The lowest BCUT2D eigenvalue weighted by Crippen LogP contribution is -2.22. The van der Waals surface area contributed by atoms with E-state index in [9.17, 15) is 24.2 Å². The summed E-state index contributed by atoms with van der Waals surface area (Å²) in [5, 5.41) is 32.4. The summed E-state index contributed by atoms with van der Waals surface area (Å²) in [7, 11) is 0. The lowest BCUT2D eigenvalue weighted by molar-refractivity contribution is -0.139. The molecule has 3 rings (SSSR count). The first kappa shape index (κ1) is 28.1. The molecule has 0 bridgehead atoms. The fraction of sp³-hybridized carbons (Fsp3) is 0.379. The van der Waals surface area contributed by atoms with Crippen molar-refractivity contribution in [3.8, 4) is 11.1 Å². The third kappa shape index (κ3) is 7.05. The van der Waals surface area contributed by atoms with Crippen molar-refractivity contribution in [2.75, 3.05) is 5.32 Å². The maximum absolute atomic E-state index is 13.8. The van der Waals surface area contributed by atoms with E-state index in [2.05, 4.69) is 5.32 Å². The molecule has 7 nitrogen and oxygen atoms in total. The molecule has 2 aromatic carbocycles. The van der Waals surface area contributed by atoms with Gasteiger partial charge in [0.25, 0.3) is 5.91 Å². The molecule has 3 aromatic rings. The Kier molecular flexibility index (Phi) is 9.60. The Balaban J connectivity index is 2.07. The molecule has 1 heterocycles. The fourth-order valence-corrected chi connectivity index (χ4v) is 4.78. The van der Waals surface area contributed by atoms with Gasteiger partial charge in [-0.3, -0.25) is 9.59 Å². The molecule has 0 spiro atoms. The zero-order valence-corrected chi connectivity index (χ0v) is 21.4. The highest BCUT2D eigenvalue weighted by molar-refractivity contribution is 6.06. The molecule has 0 aliphatic heterocycles. The molecule has 37 heavy (non-hydrogen) atoms. The van der Waals surface area contributed by atoms with E-state index in [-0.39, 0.29) is 30.5 Å². The van der Waals surface area contributed by atoms with E-state index in [1.165, 1.54) is 12.1 Å². The van der Waals surface area contributed by atoms with Crippen LogP contribution in [0.3, 0.4) is 0 Å². The van der Waals surface area contributed by atoms with E-state index >= 15 is 0 Å². The van der Waals surface area contributed by atoms with E-state index in [0.717, 1.165) is 22.4 Å². The van der Waals surface area contributed by atoms with Gasteiger partial charge in [-0.25, -0.2) is 4.39 Å². The molecule has 0 fully saturated rings. The fourth-order valence-electron chi connectivity index (χ4n) is 4.78. The summed E-state index contributed by atoms with van der Waals surface area (Å²) in [5.41, 5.74) is 4.42. The van der Waals surface area contributed by atoms with Crippen LogP contribution in [0.2, 0.25) is 0 Å². The third-order valence-corrected chi connectivity index (χ3v) is 6.35. The maximum atomic E-state index is 13.8. The number of aliphatic hydroxyl groups excluding tert-OH is 2. The van der Waals surface area contributed by atoms with E-state index in [1.54, 1.807) is 12.1 Å². The summed E-state index contributed by atoms with van der Waals surface area (Å²) in [4.78, 5) is 24.5. The number of hydrogen-bond acceptors (Lipinski definition) is 4. The minimum Gasteiger partial charge on any atom is -0.481 e. The number of nitrogens with zero attached hydrogens (tertiary/aromatic N) is 1. The number of aliphatic hydroxyl groups is 2. The standard InChI is InChI=1S/C29H35FN2O5/c1-4-32-24(15-14-22(33)16-23(34)17-25(35)36)27(19-10-12-20(30)13-11-19)26(18(2)3)28(32)29(37)31-21-8-6-5-7-9-21/h5-13,18,22-23,33-34H,4,14-17H2,1-3H3,(H,31,37)(H,35,36)/t22-,23-/m1/s1. The smallest absolute Gasteiger partial charge is 0.305 e. The quantitative estimate of drug-likeness (QED) is 0.267. The predicted molar refractivity (Wildman–Crippen MR) is 141 cm³/mol. The van der Waals surface area contributed by atoms with Crippen molar-refractivity contribution in [3.05, 3.63) is 77.4 Å². The minimum absolute atomic E-state index is 0.0366. The van der Waals surface area contributed by atoms with Gasteiger partial charge in [0, 0.05) is 23.5 Å². The molecule has 1 aromatic heterocycles. The number of hydrogen-bond donors (Lipinski definition) is 4. The molecule has 0 saturated heterocycles. The second kappa shape index (κ2) is 12.7. The van der Waals surface area contributed by atoms with Gasteiger partial charge in [0.05, 0.1) is 18.6 Å². The molecule has 0 aliphatic carbocycles. The highest BCUT2D eigenvalue weighted by Crippen LogP contribution is 2.39. The molecular weight excluding hydrogens is 475 g/mol. The predicted octanol–water partition coefficient (Wildman–Crippen LogP) is 5.21. The number of para-hydroxylation sites is 1. The van der Waals surface area contributed by atoms with E-state index < -0.39 is 24.6 Å². The van der Waals surface area contributed by atoms with Crippen molar-refractivity contribution < 1.29 is 29.3 Å². The first-order valence-corrected chi connectivity index (χ1v) is 12.6. The van der Waals surface area contributed by atoms with Crippen LogP contribution < -0.4 is 5.32 Å². The highest BCUT2D eigenvalue weighted by Gasteiger charge is 2.29. The average molecular weight is 511 g/mol. The van der Waals surface area contributed by atoms with Gasteiger partial charge in [0.1, 0.15) is 11.5 Å². The van der Waals surface area contributed by atoms with Crippen molar-refractivity contribution in [2.45, 2.75) is 71.1 Å². The monoisotopic (exact) mass is 510 g/mol. The molecule has 0 saturated carbocycles. The summed E-state index contributed by atoms with van der Waals surface area (Å²) in [6, 6.07) is 15.3. The van der Waals surface area contributed by atoms with Crippen LogP contribution in [0.1, 0.15) is 67.7 Å². The molecule has 2 atom stereocenters.